The van der Waals surface area contributed by atoms with Crippen molar-refractivity contribution in [2.24, 2.45) is 0 Å². The highest BCUT2D eigenvalue weighted by Gasteiger charge is 2.16. The zero-order valence-electron chi connectivity index (χ0n) is 12.7. The molecule has 0 aliphatic carbocycles. The maximum Gasteiger partial charge on any atom is 0.123 e. The predicted octanol–water partition coefficient (Wildman–Crippen LogP) is 3.65. The van der Waals surface area contributed by atoms with Gasteiger partial charge in [-0.05, 0) is 55.2 Å². The fraction of sp³-hybridized carbons (Fsp3) is 0.333. The van der Waals surface area contributed by atoms with Crippen LogP contribution in [0.15, 0.2) is 42.5 Å². The molecule has 2 unspecified atom stereocenters. The van der Waals surface area contributed by atoms with E-state index < -0.39 is 6.10 Å². The zero-order chi connectivity index (χ0) is 15.4. The van der Waals surface area contributed by atoms with Crippen molar-refractivity contribution in [3.8, 4) is 0 Å². The first-order valence-corrected chi connectivity index (χ1v) is 7.20. The second-order valence-corrected chi connectivity index (χ2v) is 5.58. The summed E-state index contributed by atoms with van der Waals surface area (Å²) in [6.07, 6.45) is -0.565. The summed E-state index contributed by atoms with van der Waals surface area (Å²) in [6.45, 7) is 6.65. The van der Waals surface area contributed by atoms with E-state index in [9.17, 15) is 9.50 Å². The third-order valence-electron chi connectivity index (χ3n) is 3.89. The van der Waals surface area contributed by atoms with Gasteiger partial charge in [0, 0.05) is 12.6 Å². The van der Waals surface area contributed by atoms with Gasteiger partial charge in [0.05, 0.1) is 6.10 Å². The number of aliphatic hydroxyl groups excluding tert-OH is 1. The molecule has 0 aliphatic rings. The Bertz CT molecular complexity index is 595. The standard InChI is InChI=1S/C18H22FNO/c1-12-4-7-16(10-13(12)2)18(21)14(3)20-11-15-5-8-17(19)9-6-15/h4-10,14,18,20-21H,11H2,1-3H3. The van der Waals surface area contributed by atoms with Crippen molar-refractivity contribution in [3.05, 3.63) is 70.5 Å². The first kappa shape index (κ1) is 15.7. The molecule has 2 nitrogen and oxygen atoms in total. The van der Waals surface area contributed by atoms with Gasteiger partial charge < -0.3 is 10.4 Å². The molecular weight excluding hydrogens is 265 g/mol. The Morgan fingerprint density at radius 2 is 1.71 bits per heavy atom. The first-order valence-electron chi connectivity index (χ1n) is 7.20. The lowest BCUT2D eigenvalue weighted by molar-refractivity contribution is 0.135. The molecule has 0 radical (unpaired) electrons. The molecule has 0 bridgehead atoms. The highest BCUT2D eigenvalue weighted by molar-refractivity contribution is 5.31. The number of rotatable bonds is 5. The third kappa shape index (κ3) is 4.13. The monoisotopic (exact) mass is 287 g/mol. The molecule has 2 atom stereocenters. The minimum absolute atomic E-state index is 0.0860. The first-order chi connectivity index (χ1) is 9.97. The average Bonchev–Trinajstić information content (AvgIpc) is 2.48. The summed E-state index contributed by atoms with van der Waals surface area (Å²) in [7, 11) is 0. The Morgan fingerprint density at radius 3 is 2.33 bits per heavy atom. The molecule has 2 aromatic rings. The predicted molar refractivity (Wildman–Crippen MR) is 83.6 cm³/mol. The number of hydrogen-bond donors (Lipinski definition) is 2. The van der Waals surface area contributed by atoms with Crippen LogP contribution in [0.3, 0.4) is 0 Å². The van der Waals surface area contributed by atoms with Crippen LogP contribution >= 0.6 is 0 Å². The van der Waals surface area contributed by atoms with Gasteiger partial charge in [-0.1, -0.05) is 30.3 Å². The van der Waals surface area contributed by atoms with Crippen LogP contribution in [-0.2, 0) is 6.54 Å². The smallest absolute Gasteiger partial charge is 0.123 e. The zero-order valence-corrected chi connectivity index (χ0v) is 12.7. The number of benzene rings is 2. The summed E-state index contributed by atoms with van der Waals surface area (Å²) in [5.41, 5.74) is 4.31. The van der Waals surface area contributed by atoms with Crippen molar-refractivity contribution in [1.82, 2.24) is 5.32 Å². The second-order valence-electron chi connectivity index (χ2n) is 5.58. The Morgan fingerprint density at radius 1 is 1.05 bits per heavy atom. The van der Waals surface area contributed by atoms with Crippen molar-refractivity contribution >= 4 is 0 Å². The Balaban J connectivity index is 1.97. The van der Waals surface area contributed by atoms with Gasteiger partial charge in [-0.2, -0.15) is 0 Å². The van der Waals surface area contributed by atoms with E-state index >= 15 is 0 Å². The van der Waals surface area contributed by atoms with Crippen LogP contribution in [0.2, 0.25) is 0 Å². The number of aliphatic hydroxyl groups is 1. The molecule has 3 heteroatoms. The van der Waals surface area contributed by atoms with E-state index in [1.165, 1.54) is 23.3 Å². The summed E-state index contributed by atoms with van der Waals surface area (Å²) >= 11 is 0. The molecular formula is C18H22FNO. The Labute approximate surface area is 125 Å². The number of halogens is 1. The third-order valence-corrected chi connectivity index (χ3v) is 3.89. The Kier molecular flexibility index (Phi) is 5.10. The Hall–Kier alpha value is -1.71. The van der Waals surface area contributed by atoms with Crippen LogP contribution in [0.1, 0.15) is 35.3 Å². The number of hydrogen-bond acceptors (Lipinski definition) is 2. The van der Waals surface area contributed by atoms with Crippen LogP contribution < -0.4 is 5.32 Å². The van der Waals surface area contributed by atoms with E-state index in [0.29, 0.717) is 6.54 Å². The molecule has 0 aromatic heterocycles. The van der Waals surface area contributed by atoms with Gasteiger partial charge >= 0.3 is 0 Å². The summed E-state index contributed by atoms with van der Waals surface area (Å²) < 4.78 is 12.8. The molecule has 2 N–H and O–H groups in total. The van der Waals surface area contributed by atoms with Crippen molar-refractivity contribution in [2.45, 2.75) is 39.5 Å². The van der Waals surface area contributed by atoms with E-state index in [0.717, 1.165) is 11.1 Å². The molecule has 21 heavy (non-hydrogen) atoms. The van der Waals surface area contributed by atoms with E-state index in [4.69, 9.17) is 0 Å². The lowest BCUT2D eigenvalue weighted by atomic mass is 9.99. The van der Waals surface area contributed by atoms with Crippen molar-refractivity contribution in [1.29, 1.82) is 0 Å². The second kappa shape index (κ2) is 6.83. The van der Waals surface area contributed by atoms with Crippen LogP contribution in [-0.4, -0.2) is 11.1 Å². The molecule has 0 aliphatic heterocycles. The van der Waals surface area contributed by atoms with E-state index in [1.54, 1.807) is 12.1 Å². The topological polar surface area (TPSA) is 32.3 Å². The molecule has 0 saturated heterocycles. The van der Waals surface area contributed by atoms with Gasteiger partial charge in [-0.3, -0.25) is 0 Å². The van der Waals surface area contributed by atoms with E-state index in [1.807, 2.05) is 32.0 Å². The van der Waals surface area contributed by atoms with Crippen LogP contribution in [0.4, 0.5) is 4.39 Å². The molecule has 0 spiro atoms. The number of nitrogens with one attached hydrogen (secondary N) is 1. The van der Waals surface area contributed by atoms with Gasteiger partial charge in [-0.25, -0.2) is 4.39 Å². The molecule has 0 saturated carbocycles. The van der Waals surface area contributed by atoms with Gasteiger partial charge in [0.2, 0.25) is 0 Å². The number of aryl methyl sites for hydroxylation is 2. The average molecular weight is 287 g/mol. The summed E-state index contributed by atoms with van der Waals surface area (Å²) in [5.74, 6) is -0.234. The van der Waals surface area contributed by atoms with Crippen molar-refractivity contribution in [2.75, 3.05) is 0 Å². The SMILES string of the molecule is Cc1ccc(C(O)C(C)NCc2ccc(F)cc2)cc1C. The molecule has 0 heterocycles. The largest absolute Gasteiger partial charge is 0.387 e. The normalized spacial score (nSPS) is 14.0. The van der Waals surface area contributed by atoms with Gasteiger partial charge in [0.1, 0.15) is 5.82 Å². The molecule has 0 amide bonds. The van der Waals surface area contributed by atoms with Gasteiger partial charge in [-0.15, -0.1) is 0 Å². The quantitative estimate of drug-likeness (QED) is 0.879. The molecule has 112 valence electrons. The highest BCUT2D eigenvalue weighted by atomic mass is 19.1. The molecule has 2 rings (SSSR count). The maximum absolute atomic E-state index is 12.8. The molecule has 0 fully saturated rings. The van der Waals surface area contributed by atoms with Crippen molar-refractivity contribution in [3.63, 3.8) is 0 Å². The fourth-order valence-electron chi connectivity index (χ4n) is 2.23. The van der Waals surface area contributed by atoms with Gasteiger partial charge in [0.15, 0.2) is 0 Å². The fourth-order valence-corrected chi connectivity index (χ4v) is 2.23. The minimum atomic E-state index is -0.565. The van der Waals surface area contributed by atoms with Crippen LogP contribution in [0.25, 0.3) is 0 Å². The highest BCUT2D eigenvalue weighted by Crippen LogP contribution is 2.20. The summed E-state index contributed by atoms with van der Waals surface area (Å²) in [6, 6.07) is 12.3. The van der Waals surface area contributed by atoms with Crippen LogP contribution in [0, 0.1) is 19.7 Å². The van der Waals surface area contributed by atoms with E-state index in [2.05, 4.69) is 12.2 Å². The lowest BCUT2D eigenvalue weighted by Crippen LogP contribution is -2.31. The summed E-state index contributed by atoms with van der Waals surface area (Å²) in [5, 5.41) is 13.7. The van der Waals surface area contributed by atoms with Gasteiger partial charge in [0.25, 0.3) is 0 Å². The lowest BCUT2D eigenvalue weighted by Gasteiger charge is -2.21. The maximum atomic E-state index is 12.8. The van der Waals surface area contributed by atoms with E-state index in [-0.39, 0.29) is 11.9 Å². The minimum Gasteiger partial charge on any atom is -0.387 e. The van der Waals surface area contributed by atoms with Crippen molar-refractivity contribution < 1.29 is 9.50 Å². The molecule has 2 aromatic carbocycles. The summed E-state index contributed by atoms with van der Waals surface area (Å²) in [4.78, 5) is 0. The van der Waals surface area contributed by atoms with Crippen LogP contribution in [0.5, 0.6) is 0 Å².